The average Bonchev–Trinajstić information content (AvgIpc) is 3.10. The Morgan fingerprint density at radius 2 is 1.96 bits per heavy atom. The van der Waals surface area contributed by atoms with Gasteiger partial charge >= 0.3 is 0 Å². The van der Waals surface area contributed by atoms with E-state index in [9.17, 15) is 9.59 Å². The number of hydrogen-bond donors (Lipinski definition) is 0. The molecule has 4 nitrogen and oxygen atoms in total. The van der Waals surface area contributed by atoms with Crippen LogP contribution in [0.25, 0.3) is 11.1 Å². The quantitative estimate of drug-likeness (QED) is 0.582. The number of amides is 1. The number of anilines is 1. The standard InChI is InChI=1S/C23H26N2O2/c1-17(16-26)18-6-4-7-19(14-18)20-9-10-22-21(15-20)11-13-25(22)23(27)8-5-12-24(2)3/h4-10,14-17H,11-13H2,1-3H3/b8-5+. The monoisotopic (exact) mass is 362 g/mol. The summed E-state index contributed by atoms with van der Waals surface area (Å²) in [6, 6.07) is 14.4. The molecule has 0 bridgehead atoms. The molecule has 2 aromatic rings. The molecule has 0 radical (unpaired) electrons. The second kappa shape index (κ2) is 8.31. The minimum absolute atomic E-state index is 0.0326. The highest BCUT2D eigenvalue weighted by Crippen LogP contribution is 2.33. The third-order valence-electron chi connectivity index (χ3n) is 4.92. The van der Waals surface area contributed by atoms with Gasteiger partial charge < -0.3 is 14.6 Å². The molecule has 0 spiro atoms. The number of benzene rings is 2. The number of likely N-dealkylation sites (N-methyl/N-ethyl adjacent to an activating group) is 1. The van der Waals surface area contributed by atoms with Gasteiger partial charge in [0.15, 0.2) is 0 Å². The molecule has 1 amide bonds. The fourth-order valence-electron chi connectivity index (χ4n) is 3.34. The van der Waals surface area contributed by atoms with Crippen LogP contribution in [0.3, 0.4) is 0 Å². The van der Waals surface area contributed by atoms with Crippen LogP contribution in [0, 0.1) is 0 Å². The van der Waals surface area contributed by atoms with Crippen LogP contribution < -0.4 is 4.90 Å². The van der Waals surface area contributed by atoms with Gasteiger partial charge in [-0.15, -0.1) is 0 Å². The summed E-state index contributed by atoms with van der Waals surface area (Å²) in [4.78, 5) is 27.4. The number of fused-ring (bicyclic) bond motifs is 1. The lowest BCUT2D eigenvalue weighted by Crippen LogP contribution is -2.27. The molecule has 2 aromatic carbocycles. The van der Waals surface area contributed by atoms with Crippen molar-refractivity contribution in [2.45, 2.75) is 19.3 Å². The maximum absolute atomic E-state index is 12.5. The molecule has 4 heteroatoms. The molecule has 27 heavy (non-hydrogen) atoms. The van der Waals surface area contributed by atoms with E-state index in [1.54, 1.807) is 6.08 Å². The van der Waals surface area contributed by atoms with Crippen molar-refractivity contribution >= 4 is 17.9 Å². The predicted octanol–water partition coefficient (Wildman–Crippen LogP) is 3.66. The van der Waals surface area contributed by atoms with E-state index in [1.165, 1.54) is 5.56 Å². The predicted molar refractivity (Wildman–Crippen MR) is 110 cm³/mol. The number of nitrogens with zero attached hydrogens (tertiary/aromatic N) is 2. The molecular formula is C23H26N2O2. The molecular weight excluding hydrogens is 336 g/mol. The van der Waals surface area contributed by atoms with Crippen molar-refractivity contribution in [2.75, 3.05) is 32.1 Å². The molecule has 1 aliphatic heterocycles. The van der Waals surface area contributed by atoms with Gasteiger partial charge in [0.25, 0.3) is 5.91 Å². The Balaban J connectivity index is 1.82. The summed E-state index contributed by atoms with van der Waals surface area (Å²) < 4.78 is 0. The zero-order valence-corrected chi connectivity index (χ0v) is 16.2. The molecule has 1 atom stereocenters. The molecule has 0 fully saturated rings. The minimum Gasteiger partial charge on any atom is -0.308 e. The van der Waals surface area contributed by atoms with Crippen molar-refractivity contribution in [1.82, 2.24) is 4.90 Å². The van der Waals surface area contributed by atoms with Crippen LogP contribution in [0.15, 0.2) is 54.6 Å². The first-order chi connectivity index (χ1) is 13.0. The molecule has 1 heterocycles. The Morgan fingerprint density at radius 3 is 2.70 bits per heavy atom. The summed E-state index contributed by atoms with van der Waals surface area (Å²) in [6.07, 6.45) is 5.39. The second-order valence-corrected chi connectivity index (χ2v) is 7.30. The molecule has 0 saturated heterocycles. The van der Waals surface area contributed by atoms with Gasteiger partial charge in [0.1, 0.15) is 6.29 Å². The third-order valence-corrected chi connectivity index (χ3v) is 4.92. The molecule has 1 unspecified atom stereocenters. The highest BCUT2D eigenvalue weighted by molar-refractivity contribution is 6.03. The Bertz CT molecular complexity index is 870. The summed E-state index contributed by atoms with van der Waals surface area (Å²) >= 11 is 0. The first-order valence-electron chi connectivity index (χ1n) is 9.31. The van der Waals surface area contributed by atoms with Gasteiger partial charge in [-0.05, 0) is 54.9 Å². The van der Waals surface area contributed by atoms with E-state index >= 15 is 0 Å². The molecule has 0 aliphatic carbocycles. The highest BCUT2D eigenvalue weighted by Gasteiger charge is 2.23. The van der Waals surface area contributed by atoms with Crippen molar-refractivity contribution in [1.29, 1.82) is 0 Å². The Morgan fingerprint density at radius 1 is 1.19 bits per heavy atom. The molecule has 140 valence electrons. The van der Waals surface area contributed by atoms with E-state index in [-0.39, 0.29) is 11.8 Å². The molecule has 0 saturated carbocycles. The number of aldehydes is 1. The van der Waals surface area contributed by atoms with E-state index in [0.717, 1.165) is 41.6 Å². The Hall–Kier alpha value is -2.72. The maximum Gasteiger partial charge on any atom is 0.250 e. The third kappa shape index (κ3) is 4.34. The topological polar surface area (TPSA) is 40.6 Å². The minimum atomic E-state index is -0.110. The van der Waals surface area contributed by atoms with Crippen LogP contribution >= 0.6 is 0 Å². The van der Waals surface area contributed by atoms with Gasteiger partial charge in [0, 0.05) is 30.8 Å². The largest absolute Gasteiger partial charge is 0.308 e. The lowest BCUT2D eigenvalue weighted by atomic mass is 9.96. The van der Waals surface area contributed by atoms with E-state index in [0.29, 0.717) is 6.54 Å². The highest BCUT2D eigenvalue weighted by atomic mass is 16.2. The van der Waals surface area contributed by atoms with Gasteiger partial charge in [-0.1, -0.05) is 43.3 Å². The van der Waals surface area contributed by atoms with Gasteiger partial charge in [0.2, 0.25) is 0 Å². The van der Waals surface area contributed by atoms with Crippen molar-refractivity contribution in [3.63, 3.8) is 0 Å². The summed E-state index contributed by atoms with van der Waals surface area (Å²) in [5, 5.41) is 0. The first-order valence-corrected chi connectivity index (χ1v) is 9.31. The molecule has 0 N–H and O–H groups in total. The van der Waals surface area contributed by atoms with Crippen molar-refractivity contribution in [2.24, 2.45) is 0 Å². The summed E-state index contributed by atoms with van der Waals surface area (Å²) in [6.45, 7) is 3.37. The number of rotatable bonds is 6. The molecule has 0 aromatic heterocycles. The summed E-state index contributed by atoms with van der Waals surface area (Å²) in [7, 11) is 3.96. The van der Waals surface area contributed by atoms with Crippen LogP contribution in [0.4, 0.5) is 5.69 Å². The fourth-order valence-corrected chi connectivity index (χ4v) is 3.34. The first kappa shape index (κ1) is 19.1. The lowest BCUT2D eigenvalue weighted by molar-refractivity contribution is -0.114. The zero-order chi connectivity index (χ0) is 19.4. The number of hydrogen-bond acceptors (Lipinski definition) is 3. The number of carbonyl (C=O) groups excluding carboxylic acids is 2. The average molecular weight is 362 g/mol. The Labute approximate surface area is 161 Å². The van der Waals surface area contributed by atoms with Crippen LogP contribution in [0.1, 0.15) is 24.0 Å². The van der Waals surface area contributed by atoms with Crippen molar-refractivity contribution in [3.05, 3.63) is 65.7 Å². The Kier molecular flexibility index (Phi) is 5.87. The van der Waals surface area contributed by atoms with E-state index in [2.05, 4.69) is 24.3 Å². The van der Waals surface area contributed by atoms with Crippen LogP contribution in [-0.4, -0.2) is 44.3 Å². The van der Waals surface area contributed by atoms with Gasteiger partial charge in [-0.2, -0.15) is 0 Å². The normalized spacial score (nSPS) is 14.6. The smallest absolute Gasteiger partial charge is 0.250 e. The van der Waals surface area contributed by atoms with Crippen LogP contribution in [0.5, 0.6) is 0 Å². The number of carbonyl (C=O) groups is 2. The SMILES string of the molecule is CC(C=O)c1cccc(-c2ccc3c(c2)CCN3C(=O)/C=C/CN(C)C)c1. The van der Waals surface area contributed by atoms with Crippen LogP contribution in [-0.2, 0) is 16.0 Å². The molecule has 3 rings (SSSR count). The molecule has 1 aliphatic rings. The van der Waals surface area contributed by atoms with Crippen molar-refractivity contribution in [3.8, 4) is 11.1 Å². The van der Waals surface area contributed by atoms with Gasteiger partial charge in [-0.25, -0.2) is 0 Å². The lowest BCUT2D eigenvalue weighted by Gasteiger charge is -2.16. The van der Waals surface area contributed by atoms with Crippen molar-refractivity contribution < 1.29 is 9.59 Å². The second-order valence-electron chi connectivity index (χ2n) is 7.30. The maximum atomic E-state index is 12.5. The van der Waals surface area contributed by atoms with E-state index < -0.39 is 0 Å². The fraction of sp³-hybridized carbons (Fsp3) is 0.304. The summed E-state index contributed by atoms with van der Waals surface area (Å²) in [5.74, 6) is -0.0772. The van der Waals surface area contributed by atoms with Gasteiger partial charge in [-0.3, -0.25) is 4.79 Å². The van der Waals surface area contributed by atoms with E-state index in [1.807, 2.05) is 55.1 Å². The summed E-state index contributed by atoms with van der Waals surface area (Å²) in [5.41, 5.74) is 5.42. The van der Waals surface area contributed by atoms with Crippen LogP contribution in [0.2, 0.25) is 0 Å². The van der Waals surface area contributed by atoms with Gasteiger partial charge in [0.05, 0.1) is 0 Å². The zero-order valence-electron chi connectivity index (χ0n) is 16.2. The van der Waals surface area contributed by atoms with E-state index in [4.69, 9.17) is 0 Å².